The molecule has 0 saturated heterocycles. The molecule has 14 heavy (non-hydrogen) atoms. The van der Waals surface area contributed by atoms with Crippen molar-refractivity contribution in [2.24, 2.45) is 0 Å². The lowest BCUT2D eigenvalue weighted by atomic mass is 10.2. The fourth-order valence-electron chi connectivity index (χ4n) is 1.14. The molecule has 0 bridgehead atoms. The van der Waals surface area contributed by atoms with Gasteiger partial charge in [0.25, 0.3) is 0 Å². The molecular weight excluding hydrogens is 214 g/mol. The van der Waals surface area contributed by atoms with Crippen molar-refractivity contribution < 1.29 is 16.7 Å². The number of halogens is 2. The SMILES string of the molecule is O=S(=O)(F)c1[nH]nc2ccc(F)cc12. The lowest BCUT2D eigenvalue weighted by molar-refractivity contribution is 0.548. The summed E-state index contributed by atoms with van der Waals surface area (Å²) in [7, 11) is -4.89. The van der Waals surface area contributed by atoms with E-state index in [2.05, 4.69) is 5.10 Å². The molecule has 1 aromatic heterocycles. The molecule has 0 unspecified atom stereocenters. The second-order valence-corrected chi connectivity index (χ2v) is 3.94. The minimum atomic E-state index is -4.89. The molecule has 0 spiro atoms. The van der Waals surface area contributed by atoms with Gasteiger partial charge in [-0.3, -0.25) is 5.10 Å². The van der Waals surface area contributed by atoms with Crippen LogP contribution in [0.15, 0.2) is 23.2 Å². The van der Waals surface area contributed by atoms with E-state index in [1.807, 2.05) is 5.10 Å². The van der Waals surface area contributed by atoms with E-state index in [9.17, 15) is 16.7 Å². The molecule has 0 aliphatic rings. The molecule has 0 radical (unpaired) electrons. The van der Waals surface area contributed by atoms with Crippen molar-refractivity contribution in [2.45, 2.75) is 5.03 Å². The summed E-state index contributed by atoms with van der Waals surface area (Å²) in [5.74, 6) is -0.649. The molecule has 0 atom stereocenters. The number of nitrogens with zero attached hydrogens (tertiary/aromatic N) is 1. The van der Waals surface area contributed by atoms with Crippen LogP contribution in [0.3, 0.4) is 0 Å². The fourth-order valence-corrected chi connectivity index (χ4v) is 1.73. The predicted molar refractivity (Wildman–Crippen MR) is 44.3 cm³/mol. The highest BCUT2D eigenvalue weighted by molar-refractivity contribution is 7.86. The summed E-state index contributed by atoms with van der Waals surface area (Å²) in [4.78, 5) is 0. The Hall–Kier alpha value is -1.50. The Morgan fingerprint density at radius 2 is 2.07 bits per heavy atom. The van der Waals surface area contributed by atoms with Gasteiger partial charge < -0.3 is 0 Å². The Labute approximate surface area is 77.8 Å². The first-order valence-corrected chi connectivity index (χ1v) is 4.95. The van der Waals surface area contributed by atoms with Crippen LogP contribution in [0, 0.1) is 5.82 Å². The number of aromatic amines is 1. The maximum absolute atomic E-state index is 12.7. The maximum atomic E-state index is 12.7. The van der Waals surface area contributed by atoms with E-state index >= 15 is 0 Å². The summed E-state index contributed by atoms with van der Waals surface area (Å²) in [6.45, 7) is 0. The van der Waals surface area contributed by atoms with Crippen LogP contribution in [0.2, 0.25) is 0 Å². The number of H-pyrrole nitrogens is 1. The molecule has 0 saturated carbocycles. The molecule has 2 aromatic rings. The van der Waals surface area contributed by atoms with E-state index in [0.717, 1.165) is 12.1 Å². The van der Waals surface area contributed by atoms with Gasteiger partial charge in [-0.15, -0.1) is 0 Å². The quantitative estimate of drug-likeness (QED) is 0.735. The van der Waals surface area contributed by atoms with Gasteiger partial charge in [-0.2, -0.15) is 13.5 Å². The third kappa shape index (κ3) is 1.35. The third-order valence-electron chi connectivity index (χ3n) is 1.72. The normalized spacial score (nSPS) is 12.1. The second-order valence-electron chi connectivity index (χ2n) is 2.65. The van der Waals surface area contributed by atoms with Crippen molar-refractivity contribution in [1.29, 1.82) is 0 Å². The van der Waals surface area contributed by atoms with E-state index in [1.165, 1.54) is 6.07 Å². The average molecular weight is 218 g/mol. The van der Waals surface area contributed by atoms with Crippen LogP contribution in [0.4, 0.5) is 8.28 Å². The zero-order valence-electron chi connectivity index (χ0n) is 6.66. The molecule has 0 aliphatic heterocycles. The first-order valence-electron chi connectivity index (χ1n) is 3.57. The first kappa shape index (κ1) is 9.07. The topological polar surface area (TPSA) is 62.8 Å². The van der Waals surface area contributed by atoms with Crippen molar-refractivity contribution in [3.63, 3.8) is 0 Å². The lowest BCUT2D eigenvalue weighted by Gasteiger charge is -1.90. The van der Waals surface area contributed by atoms with E-state index in [4.69, 9.17) is 0 Å². The zero-order chi connectivity index (χ0) is 10.3. The number of hydrogen-bond donors (Lipinski definition) is 1. The summed E-state index contributed by atoms with van der Waals surface area (Å²) in [5.41, 5.74) is 0.197. The van der Waals surface area contributed by atoms with Crippen LogP contribution >= 0.6 is 0 Å². The zero-order valence-corrected chi connectivity index (χ0v) is 7.48. The molecular formula is C7H4F2N2O2S. The molecule has 2 rings (SSSR count). The van der Waals surface area contributed by atoms with E-state index in [0.29, 0.717) is 0 Å². The number of aromatic nitrogens is 2. The Morgan fingerprint density at radius 1 is 1.36 bits per heavy atom. The number of rotatable bonds is 1. The minimum Gasteiger partial charge on any atom is -0.264 e. The second kappa shape index (κ2) is 2.74. The molecule has 1 aromatic carbocycles. The lowest BCUT2D eigenvalue weighted by Crippen LogP contribution is -1.92. The predicted octanol–water partition coefficient (Wildman–Crippen LogP) is 1.36. The molecule has 4 nitrogen and oxygen atoms in total. The van der Waals surface area contributed by atoms with Crippen LogP contribution in [0.1, 0.15) is 0 Å². The standard InChI is InChI=1S/C7H4F2N2O2S/c8-4-1-2-6-5(3-4)7(11-10-6)14(9,12)13/h1-3H,(H,10,11). The van der Waals surface area contributed by atoms with Crippen molar-refractivity contribution >= 4 is 21.1 Å². The third-order valence-corrected chi connectivity index (χ3v) is 2.52. The molecule has 74 valence electrons. The summed E-state index contributed by atoms with van der Waals surface area (Å²) < 4.78 is 46.4. The number of hydrogen-bond acceptors (Lipinski definition) is 3. The summed E-state index contributed by atoms with van der Waals surface area (Å²) in [6.07, 6.45) is 0. The van der Waals surface area contributed by atoms with Gasteiger partial charge >= 0.3 is 10.2 Å². The van der Waals surface area contributed by atoms with Crippen LogP contribution in [0.25, 0.3) is 10.9 Å². The van der Waals surface area contributed by atoms with E-state index < -0.39 is 21.1 Å². The molecule has 1 heterocycles. The maximum Gasteiger partial charge on any atom is 0.349 e. The Bertz CT molecular complexity index is 591. The summed E-state index contributed by atoms with van der Waals surface area (Å²) in [6, 6.07) is 3.28. The van der Waals surface area contributed by atoms with Crippen molar-refractivity contribution in [2.75, 3.05) is 0 Å². The highest BCUT2D eigenvalue weighted by Gasteiger charge is 2.19. The Balaban J connectivity index is 2.87. The highest BCUT2D eigenvalue weighted by atomic mass is 32.3. The van der Waals surface area contributed by atoms with Gasteiger partial charge in [-0.05, 0) is 18.2 Å². The van der Waals surface area contributed by atoms with Crippen LogP contribution in [0.5, 0.6) is 0 Å². The molecule has 0 aliphatic carbocycles. The average Bonchev–Trinajstić information content (AvgIpc) is 2.45. The van der Waals surface area contributed by atoms with Gasteiger partial charge in [0.1, 0.15) is 5.82 Å². The van der Waals surface area contributed by atoms with Crippen molar-refractivity contribution in [3.8, 4) is 0 Å². The number of benzene rings is 1. The molecule has 7 heteroatoms. The van der Waals surface area contributed by atoms with Crippen LogP contribution in [-0.4, -0.2) is 18.6 Å². The van der Waals surface area contributed by atoms with Gasteiger partial charge in [0.15, 0.2) is 5.03 Å². The minimum absolute atomic E-state index is 0.0903. The molecule has 0 fully saturated rings. The van der Waals surface area contributed by atoms with E-state index in [-0.39, 0.29) is 10.9 Å². The summed E-state index contributed by atoms with van der Waals surface area (Å²) in [5, 5.41) is 4.71. The molecule has 0 amide bonds. The van der Waals surface area contributed by atoms with Crippen LogP contribution in [-0.2, 0) is 10.2 Å². The fraction of sp³-hybridized carbons (Fsp3) is 0. The first-order chi connectivity index (χ1) is 6.48. The number of nitrogens with one attached hydrogen (secondary N) is 1. The Morgan fingerprint density at radius 3 is 2.71 bits per heavy atom. The van der Waals surface area contributed by atoms with Crippen molar-refractivity contribution in [3.05, 3.63) is 24.0 Å². The number of fused-ring (bicyclic) bond motifs is 1. The van der Waals surface area contributed by atoms with Crippen molar-refractivity contribution in [1.82, 2.24) is 10.2 Å². The Kier molecular flexibility index (Phi) is 1.78. The smallest absolute Gasteiger partial charge is 0.264 e. The van der Waals surface area contributed by atoms with Gasteiger partial charge in [-0.25, -0.2) is 4.39 Å². The van der Waals surface area contributed by atoms with E-state index in [1.54, 1.807) is 0 Å². The monoisotopic (exact) mass is 218 g/mol. The largest absolute Gasteiger partial charge is 0.349 e. The van der Waals surface area contributed by atoms with Gasteiger partial charge in [-0.1, -0.05) is 3.89 Å². The highest BCUT2D eigenvalue weighted by Crippen LogP contribution is 2.22. The van der Waals surface area contributed by atoms with Gasteiger partial charge in [0, 0.05) is 5.39 Å². The summed E-state index contributed by atoms with van der Waals surface area (Å²) >= 11 is 0. The van der Waals surface area contributed by atoms with Crippen LogP contribution < -0.4 is 0 Å². The van der Waals surface area contributed by atoms with Gasteiger partial charge in [0.2, 0.25) is 0 Å². The van der Waals surface area contributed by atoms with Gasteiger partial charge in [0.05, 0.1) is 5.52 Å². The molecule has 1 N–H and O–H groups in total.